The lowest BCUT2D eigenvalue weighted by molar-refractivity contribution is -0.137. The van der Waals surface area contributed by atoms with Gasteiger partial charge in [0.15, 0.2) is 0 Å². The number of benzene rings is 1. The zero-order valence-electron chi connectivity index (χ0n) is 12.1. The Bertz CT molecular complexity index is 603. The second-order valence-electron chi connectivity index (χ2n) is 4.81. The van der Waals surface area contributed by atoms with Gasteiger partial charge in [-0.3, -0.25) is 0 Å². The minimum atomic E-state index is -4.64. The smallest absolute Gasteiger partial charge is 0.379 e. The van der Waals surface area contributed by atoms with Crippen LogP contribution in [0.25, 0.3) is 0 Å². The van der Waals surface area contributed by atoms with Crippen LogP contribution in [-0.4, -0.2) is 27.7 Å². The van der Waals surface area contributed by atoms with E-state index in [0.29, 0.717) is 19.1 Å². The van der Waals surface area contributed by atoms with E-state index >= 15 is 0 Å². The van der Waals surface area contributed by atoms with Crippen molar-refractivity contribution in [2.24, 2.45) is 0 Å². The Hall–Kier alpha value is -0.830. The zero-order chi connectivity index (χ0) is 17.0. The molecular formula is C13H17ClF3NO3S. The van der Waals surface area contributed by atoms with Gasteiger partial charge in [0.25, 0.3) is 0 Å². The summed E-state index contributed by atoms with van der Waals surface area (Å²) in [5.74, 6) is 0. The molecule has 9 heteroatoms. The first kappa shape index (κ1) is 19.2. The topological polar surface area (TPSA) is 55.4 Å². The fourth-order valence-electron chi connectivity index (χ4n) is 1.56. The molecule has 0 saturated carbocycles. The van der Waals surface area contributed by atoms with E-state index < -0.39 is 26.7 Å². The van der Waals surface area contributed by atoms with Crippen molar-refractivity contribution in [3.8, 4) is 0 Å². The van der Waals surface area contributed by atoms with E-state index in [1.165, 1.54) is 0 Å². The molecule has 0 heterocycles. The van der Waals surface area contributed by atoms with E-state index in [4.69, 9.17) is 16.3 Å². The van der Waals surface area contributed by atoms with Crippen molar-refractivity contribution in [2.45, 2.75) is 37.4 Å². The van der Waals surface area contributed by atoms with Gasteiger partial charge in [0.1, 0.15) is 4.90 Å². The Morgan fingerprint density at radius 3 is 2.50 bits per heavy atom. The predicted octanol–water partition coefficient (Wildman–Crippen LogP) is 3.45. The molecule has 0 aliphatic heterocycles. The SMILES string of the molecule is CC(C)OCCCNS(=O)(=O)c1cc(C(F)(F)F)ccc1Cl. The second kappa shape index (κ2) is 7.63. The average Bonchev–Trinajstić information content (AvgIpc) is 2.36. The molecule has 0 radical (unpaired) electrons. The second-order valence-corrected chi connectivity index (χ2v) is 6.96. The van der Waals surface area contributed by atoms with Gasteiger partial charge in [0, 0.05) is 13.2 Å². The first-order valence-electron chi connectivity index (χ1n) is 6.52. The quantitative estimate of drug-likeness (QED) is 0.759. The maximum absolute atomic E-state index is 12.6. The molecule has 0 amide bonds. The summed E-state index contributed by atoms with van der Waals surface area (Å²) >= 11 is 5.70. The van der Waals surface area contributed by atoms with Crippen molar-refractivity contribution in [3.05, 3.63) is 28.8 Å². The normalized spacial score (nSPS) is 12.9. The number of hydrogen-bond donors (Lipinski definition) is 1. The van der Waals surface area contributed by atoms with E-state index in [2.05, 4.69) is 4.72 Å². The lowest BCUT2D eigenvalue weighted by Crippen LogP contribution is -2.26. The summed E-state index contributed by atoms with van der Waals surface area (Å²) in [7, 11) is -4.11. The summed E-state index contributed by atoms with van der Waals surface area (Å²) in [6, 6.07) is 2.17. The van der Waals surface area contributed by atoms with Crippen LogP contribution in [0.3, 0.4) is 0 Å². The van der Waals surface area contributed by atoms with Crippen LogP contribution in [0.4, 0.5) is 13.2 Å². The van der Waals surface area contributed by atoms with Crippen LogP contribution in [-0.2, 0) is 20.9 Å². The molecule has 0 aromatic heterocycles. The van der Waals surface area contributed by atoms with Crippen LogP contribution in [0.1, 0.15) is 25.8 Å². The summed E-state index contributed by atoms with van der Waals surface area (Å²) in [5.41, 5.74) is -1.07. The molecule has 0 saturated heterocycles. The van der Waals surface area contributed by atoms with Gasteiger partial charge in [0.2, 0.25) is 10.0 Å². The maximum Gasteiger partial charge on any atom is 0.416 e. The van der Waals surface area contributed by atoms with Crippen LogP contribution < -0.4 is 4.72 Å². The van der Waals surface area contributed by atoms with Gasteiger partial charge < -0.3 is 4.74 Å². The van der Waals surface area contributed by atoms with Gasteiger partial charge in [0.05, 0.1) is 16.7 Å². The van der Waals surface area contributed by atoms with Gasteiger partial charge in [-0.05, 0) is 38.5 Å². The van der Waals surface area contributed by atoms with E-state index in [1.807, 2.05) is 13.8 Å². The highest BCUT2D eigenvalue weighted by Crippen LogP contribution is 2.33. The molecule has 1 aromatic rings. The number of ether oxygens (including phenoxy) is 1. The van der Waals surface area contributed by atoms with Crippen molar-refractivity contribution >= 4 is 21.6 Å². The minimum Gasteiger partial charge on any atom is -0.379 e. The highest BCUT2D eigenvalue weighted by Gasteiger charge is 2.32. The molecule has 0 unspecified atom stereocenters. The lowest BCUT2D eigenvalue weighted by Gasteiger charge is -2.12. The Balaban J connectivity index is 2.80. The fourth-order valence-corrected chi connectivity index (χ4v) is 3.16. The fraction of sp³-hybridized carbons (Fsp3) is 0.538. The zero-order valence-corrected chi connectivity index (χ0v) is 13.6. The summed E-state index contributed by atoms with van der Waals surface area (Å²) < 4.78 is 69.4. The highest BCUT2D eigenvalue weighted by atomic mass is 35.5. The molecule has 126 valence electrons. The summed E-state index contributed by atoms with van der Waals surface area (Å²) in [4.78, 5) is -0.589. The molecular weight excluding hydrogens is 343 g/mol. The highest BCUT2D eigenvalue weighted by molar-refractivity contribution is 7.89. The van der Waals surface area contributed by atoms with E-state index in [0.717, 1.165) is 12.1 Å². The molecule has 22 heavy (non-hydrogen) atoms. The van der Waals surface area contributed by atoms with Crippen LogP contribution >= 0.6 is 11.6 Å². The molecule has 0 aliphatic carbocycles. The Labute approximate surface area is 132 Å². The molecule has 0 spiro atoms. The average molecular weight is 360 g/mol. The summed E-state index contributed by atoms with van der Waals surface area (Å²) in [5, 5.41) is -0.265. The first-order valence-corrected chi connectivity index (χ1v) is 8.38. The molecule has 1 N–H and O–H groups in total. The van der Waals surface area contributed by atoms with Crippen molar-refractivity contribution in [1.82, 2.24) is 4.72 Å². The number of alkyl halides is 3. The third kappa shape index (κ3) is 5.75. The number of halogens is 4. The van der Waals surface area contributed by atoms with Crippen molar-refractivity contribution in [3.63, 3.8) is 0 Å². The third-order valence-electron chi connectivity index (χ3n) is 2.61. The molecule has 0 fully saturated rings. The first-order chi connectivity index (χ1) is 10.0. The maximum atomic E-state index is 12.6. The van der Waals surface area contributed by atoms with Crippen molar-refractivity contribution in [2.75, 3.05) is 13.2 Å². The van der Waals surface area contributed by atoms with Crippen molar-refractivity contribution in [1.29, 1.82) is 0 Å². The largest absolute Gasteiger partial charge is 0.416 e. The molecule has 1 aromatic carbocycles. The van der Waals surface area contributed by atoms with Gasteiger partial charge in [-0.1, -0.05) is 11.6 Å². The van der Waals surface area contributed by atoms with E-state index in [9.17, 15) is 21.6 Å². The molecule has 1 rings (SSSR count). The number of hydrogen-bond acceptors (Lipinski definition) is 3. The van der Waals surface area contributed by atoms with Gasteiger partial charge >= 0.3 is 6.18 Å². The standard InChI is InChI=1S/C13H17ClF3NO3S/c1-9(2)21-7-3-6-18-22(19,20)12-8-10(13(15,16)17)4-5-11(12)14/h4-5,8-9,18H,3,6-7H2,1-2H3. The Morgan fingerprint density at radius 1 is 1.32 bits per heavy atom. The molecule has 0 atom stereocenters. The van der Waals surface area contributed by atoms with Gasteiger partial charge in [-0.25, -0.2) is 13.1 Å². The van der Waals surface area contributed by atoms with Crippen molar-refractivity contribution < 1.29 is 26.3 Å². The number of sulfonamides is 1. The van der Waals surface area contributed by atoms with Gasteiger partial charge in [-0.15, -0.1) is 0 Å². The van der Waals surface area contributed by atoms with Crippen LogP contribution in [0.2, 0.25) is 5.02 Å². The third-order valence-corrected chi connectivity index (χ3v) is 4.56. The Kier molecular flexibility index (Phi) is 6.66. The van der Waals surface area contributed by atoms with E-state index in [-0.39, 0.29) is 17.7 Å². The summed E-state index contributed by atoms with van der Waals surface area (Å²) in [6.45, 7) is 4.07. The monoisotopic (exact) mass is 359 g/mol. The minimum absolute atomic E-state index is 0.0227. The van der Waals surface area contributed by atoms with E-state index in [1.54, 1.807) is 0 Å². The Morgan fingerprint density at radius 2 is 1.95 bits per heavy atom. The van der Waals surface area contributed by atoms with Crippen LogP contribution in [0.5, 0.6) is 0 Å². The number of nitrogens with one attached hydrogen (secondary N) is 1. The molecule has 0 bridgehead atoms. The van der Waals surface area contributed by atoms with Crippen LogP contribution in [0.15, 0.2) is 23.1 Å². The predicted molar refractivity (Wildman–Crippen MR) is 77.3 cm³/mol. The molecule has 4 nitrogen and oxygen atoms in total. The lowest BCUT2D eigenvalue weighted by atomic mass is 10.2. The van der Waals surface area contributed by atoms with Crippen LogP contribution in [0, 0.1) is 0 Å². The summed E-state index contributed by atoms with van der Waals surface area (Å²) in [6.07, 6.45) is -4.22. The molecule has 0 aliphatic rings. The van der Waals surface area contributed by atoms with Gasteiger partial charge in [-0.2, -0.15) is 13.2 Å². The number of rotatable bonds is 7.